The third-order valence-electron chi connectivity index (χ3n) is 6.77. The second-order valence-corrected chi connectivity index (χ2v) is 10.6. The first kappa shape index (κ1) is 27.8. The SMILES string of the molecule is CCN(CCCN(C)C)c1cc(C=C2Sc3ccccc3N2C)c2ccccc2[n+]1-c1ccccc1.[Y]. The molecule has 0 unspecified atom stereocenters. The van der Waals surface area contributed by atoms with Crippen molar-refractivity contribution in [1.82, 2.24) is 4.90 Å². The molecule has 187 valence electrons. The van der Waals surface area contributed by atoms with Crippen molar-refractivity contribution in [2.24, 2.45) is 0 Å². The molecule has 1 aromatic heterocycles. The summed E-state index contributed by atoms with van der Waals surface area (Å²) in [6.45, 7) is 5.30. The Hall–Kier alpha value is -2.18. The van der Waals surface area contributed by atoms with Crippen LogP contribution >= 0.6 is 11.8 Å². The fraction of sp³-hybridized carbons (Fsp3) is 0.258. The normalized spacial score (nSPS) is 13.8. The van der Waals surface area contributed by atoms with Crippen LogP contribution in [0, 0.1) is 0 Å². The molecule has 0 fully saturated rings. The predicted octanol–water partition coefficient (Wildman–Crippen LogP) is 6.43. The molecular weight excluding hydrogens is 549 g/mol. The van der Waals surface area contributed by atoms with Crippen LogP contribution in [0.15, 0.2) is 94.9 Å². The number of nitrogens with zero attached hydrogens (tertiary/aromatic N) is 4. The molecule has 0 atom stereocenters. The van der Waals surface area contributed by atoms with Gasteiger partial charge in [-0.15, -0.1) is 0 Å². The van der Waals surface area contributed by atoms with Crippen LogP contribution in [0.3, 0.4) is 0 Å². The summed E-state index contributed by atoms with van der Waals surface area (Å²) in [7, 11) is 6.46. The molecule has 0 bridgehead atoms. The summed E-state index contributed by atoms with van der Waals surface area (Å²) in [5, 5.41) is 2.51. The Morgan fingerprint density at radius 1 is 0.892 bits per heavy atom. The summed E-state index contributed by atoms with van der Waals surface area (Å²) < 4.78 is 2.43. The second-order valence-electron chi connectivity index (χ2n) is 9.49. The van der Waals surface area contributed by atoms with E-state index in [2.05, 4.69) is 138 Å². The molecule has 0 amide bonds. The van der Waals surface area contributed by atoms with Gasteiger partial charge in [0.05, 0.1) is 23.8 Å². The van der Waals surface area contributed by atoms with Gasteiger partial charge in [-0.1, -0.05) is 60.3 Å². The number of hydrogen-bond acceptors (Lipinski definition) is 4. The van der Waals surface area contributed by atoms with Crippen molar-refractivity contribution in [1.29, 1.82) is 0 Å². The number of rotatable bonds is 8. The van der Waals surface area contributed by atoms with Crippen LogP contribution in [-0.4, -0.2) is 45.7 Å². The van der Waals surface area contributed by atoms with E-state index in [1.165, 1.54) is 43.6 Å². The number of thioether (sulfide) groups is 1. The molecule has 4 aromatic rings. The number of benzene rings is 3. The maximum absolute atomic E-state index is 2.52. The summed E-state index contributed by atoms with van der Waals surface area (Å²) >= 11 is 1.85. The first-order valence-electron chi connectivity index (χ1n) is 12.7. The van der Waals surface area contributed by atoms with Gasteiger partial charge in [0.2, 0.25) is 0 Å². The van der Waals surface area contributed by atoms with Crippen LogP contribution in [0.4, 0.5) is 11.5 Å². The first-order chi connectivity index (χ1) is 17.6. The van der Waals surface area contributed by atoms with Crippen LogP contribution < -0.4 is 14.4 Å². The molecule has 0 saturated heterocycles. The van der Waals surface area contributed by atoms with E-state index in [-0.39, 0.29) is 32.7 Å². The number of fused-ring (bicyclic) bond motifs is 2. The van der Waals surface area contributed by atoms with Gasteiger partial charge in [0, 0.05) is 62.6 Å². The zero-order valence-electron chi connectivity index (χ0n) is 22.3. The maximum atomic E-state index is 2.52. The number of hydrogen-bond donors (Lipinski definition) is 0. The number of aromatic nitrogens is 1. The molecule has 5 rings (SSSR count). The molecule has 1 aliphatic rings. The van der Waals surface area contributed by atoms with E-state index in [1.807, 2.05) is 11.8 Å². The fourth-order valence-electron chi connectivity index (χ4n) is 4.91. The van der Waals surface area contributed by atoms with Crippen molar-refractivity contribution >= 4 is 40.2 Å². The summed E-state index contributed by atoms with van der Waals surface area (Å²) in [6, 6.07) is 30.6. The van der Waals surface area contributed by atoms with Gasteiger partial charge in [0.15, 0.2) is 0 Å². The molecule has 37 heavy (non-hydrogen) atoms. The fourth-order valence-corrected chi connectivity index (χ4v) is 6.01. The van der Waals surface area contributed by atoms with Gasteiger partial charge in [0.1, 0.15) is 11.2 Å². The van der Waals surface area contributed by atoms with Crippen molar-refractivity contribution in [2.75, 3.05) is 50.6 Å². The summed E-state index contributed by atoms with van der Waals surface area (Å²) in [4.78, 5) is 8.40. The topological polar surface area (TPSA) is 13.6 Å². The van der Waals surface area contributed by atoms with E-state index in [9.17, 15) is 0 Å². The molecule has 1 radical (unpaired) electrons. The van der Waals surface area contributed by atoms with E-state index in [0.717, 1.165) is 26.1 Å². The largest absolute Gasteiger partial charge is 0.338 e. The Bertz CT molecular complexity index is 1390. The maximum Gasteiger partial charge on any atom is 0.282 e. The average Bonchev–Trinajstić information content (AvgIpc) is 3.22. The summed E-state index contributed by atoms with van der Waals surface area (Å²) in [6.07, 6.45) is 3.48. The van der Waals surface area contributed by atoms with Crippen molar-refractivity contribution < 1.29 is 37.3 Å². The van der Waals surface area contributed by atoms with E-state index >= 15 is 0 Å². The van der Waals surface area contributed by atoms with Crippen molar-refractivity contribution in [2.45, 2.75) is 18.2 Å². The van der Waals surface area contributed by atoms with E-state index in [1.54, 1.807) is 0 Å². The van der Waals surface area contributed by atoms with Gasteiger partial charge >= 0.3 is 0 Å². The van der Waals surface area contributed by atoms with Crippen LogP contribution in [0.2, 0.25) is 0 Å². The number of anilines is 2. The zero-order valence-corrected chi connectivity index (χ0v) is 25.9. The molecule has 6 heteroatoms. The van der Waals surface area contributed by atoms with E-state index < -0.39 is 0 Å². The summed E-state index contributed by atoms with van der Waals surface area (Å²) in [5.41, 5.74) is 4.93. The predicted molar refractivity (Wildman–Crippen MR) is 155 cm³/mol. The molecule has 4 nitrogen and oxygen atoms in total. The third-order valence-corrected chi connectivity index (χ3v) is 7.94. The Morgan fingerprint density at radius 2 is 1.59 bits per heavy atom. The number of para-hydroxylation sites is 3. The first-order valence-corrected chi connectivity index (χ1v) is 13.5. The number of pyridine rings is 1. The van der Waals surface area contributed by atoms with Gasteiger partial charge in [-0.25, -0.2) is 0 Å². The molecule has 0 N–H and O–H groups in total. The van der Waals surface area contributed by atoms with Gasteiger partial charge in [0.25, 0.3) is 5.82 Å². The van der Waals surface area contributed by atoms with Crippen LogP contribution in [0.1, 0.15) is 18.9 Å². The average molecular weight is 585 g/mol. The van der Waals surface area contributed by atoms with Gasteiger partial charge < -0.3 is 9.80 Å². The van der Waals surface area contributed by atoms with Crippen molar-refractivity contribution in [3.63, 3.8) is 0 Å². The van der Waals surface area contributed by atoms with Crippen LogP contribution in [-0.2, 0) is 32.7 Å². The Kier molecular flexibility index (Phi) is 9.47. The van der Waals surface area contributed by atoms with E-state index in [4.69, 9.17) is 0 Å². The Morgan fingerprint density at radius 3 is 2.32 bits per heavy atom. The van der Waals surface area contributed by atoms with E-state index in [0.29, 0.717) is 0 Å². The standard InChI is InChI=1S/C31H35N4S.Y/c1-5-34(21-13-20-32(2)3)30-22-24(23-31-33(4)28-18-11-12-19-29(28)36-31)26-16-9-10-17-27(26)35(30)25-14-7-6-8-15-25;/h6-12,14-19,22-23H,5,13,20-21H2,1-4H3;/q+1;. The Labute approximate surface area is 250 Å². The zero-order chi connectivity index (χ0) is 25.1. The molecule has 2 heterocycles. The Balaban J connectivity index is 0.00000320. The van der Waals surface area contributed by atoms with Crippen LogP contribution in [0.25, 0.3) is 22.7 Å². The third kappa shape index (κ3) is 5.96. The molecular formula is C31H35N4SY+. The van der Waals surface area contributed by atoms with Gasteiger partial charge in [-0.05, 0) is 69.4 Å². The molecule has 3 aromatic carbocycles. The molecule has 1 aliphatic heterocycles. The quantitative estimate of drug-likeness (QED) is 0.222. The van der Waals surface area contributed by atoms with Crippen molar-refractivity contribution in [3.8, 4) is 5.69 Å². The van der Waals surface area contributed by atoms with Gasteiger partial charge in [-0.3, -0.25) is 4.90 Å². The molecule has 0 saturated carbocycles. The minimum Gasteiger partial charge on any atom is -0.338 e. The second kappa shape index (κ2) is 12.6. The minimum absolute atomic E-state index is 0. The minimum atomic E-state index is 0. The van der Waals surface area contributed by atoms with Gasteiger partial charge in [-0.2, -0.15) is 4.57 Å². The molecule has 0 spiro atoms. The smallest absolute Gasteiger partial charge is 0.282 e. The van der Waals surface area contributed by atoms with Crippen molar-refractivity contribution in [3.05, 3.63) is 95.5 Å². The monoisotopic (exact) mass is 584 g/mol. The molecule has 0 aliphatic carbocycles. The summed E-state index contributed by atoms with van der Waals surface area (Å²) in [5.74, 6) is 1.23. The van der Waals surface area contributed by atoms with Crippen LogP contribution in [0.5, 0.6) is 0 Å².